The molecular weight excluding hydrogens is 276 g/mol. The van der Waals surface area contributed by atoms with Crippen LogP contribution in [0.1, 0.15) is 42.5 Å². The molecule has 0 radical (unpaired) electrons. The first-order chi connectivity index (χ1) is 9.63. The Kier molecular flexibility index (Phi) is 5.26. The molecule has 0 aliphatic heterocycles. The van der Waals surface area contributed by atoms with E-state index >= 15 is 0 Å². The second kappa shape index (κ2) is 6.95. The molecular formula is C15H21ClN2O2. The molecule has 4 nitrogen and oxygen atoms in total. The van der Waals surface area contributed by atoms with Crippen LogP contribution in [0.4, 0.5) is 5.69 Å². The zero-order valence-electron chi connectivity index (χ0n) is 11.5. The van der Waals surface area contributed by atoms with Crippen molar-refractivity contribution < 1.29 is 9.90 Å². The van der Waals surface area contributed by atoms with Crippen LogP contribution in [0, 0.1) is 0 Å². The van der Waals surface area contributed by atoms with Crippen molar-refractivity contribution in [3.8, 4) is 0 Å². The van der Waals surface area contributed by atoms with E-state index in [4.69, 9.17) is 17.3 Å². The van der Waals surface area contributed by atoms with Crippen molar-refractivity contribution in [2.45, 2.75) is 38.1 Å². The minimum absolute atomic E-state index is 0.0225. The molecule has 20 heavy (non-hydrogen) atoms. The first kappa shape index (κ1) is 15.1. The SMILES string of the molecule is Nc1cc(C(=O)N(CCO)C2CCCCC2)ccc1Cl. The summed E-state index contributed by atoms with van der Waals surface area (Å²) < 4.78 is 0. The van der Waals surface area contributed by atoms with Crippen LogP contribution in [-0.2, 0) is 0 Å². The predicted octanol–water partition coefficient (Wildman–Crippen LogP) is 2.69. The molecule has 0 saturated heterocycles. The molecule has 5 heteroatoms. The molecule has 1 aliphatic carbocycles. The van der Waals surface area contributed by atoms with E-state index in [0.29, 0.717) is 22.8 Å². The quantitative estimate of drug-likeness (QED) is 0.840. The third kappa shape index (κ3) is 3.44. The summed E-state index contributed by atoms with van der Waals surface area (Å²) >= 11 is 5.88. The van der Waals surface area contributed by atoms with Crippen LogP contribution in [0.5, 0.6) is 0 Å². The summed E-state index contributed by atoms with van der Waals surface area (Å²) in [6.45, 7) is 0.345. The second-order valence-electron chi connectivity index (χ2n) is 5.25. The van der Waals surface area contributed by atoms with Crippen molar-refractivity contribution in [2.24, 2.45) is 0 Å². The highest BCUT2D eigenvalue weighted by Gasteiger charge is 2.26. The molecule has 1 aromatic rings. The van der Waals surface area contributed by atoms with Crippen LogP contribution in [0.25, 0.3) is 0 Å². The molecule has 110 valence electrons. The van der Waals surface area contributed by atoms with Crippen LogP contribution in [0.15, 0.2) is 18.2 Å². The maximum Gasteiger partial charge on any atom is 0.254 e. The van der Waals surface area contributed by atoms with Gasteiger partial charge in [0.15, 0.2) is 0 Å². The predicted molar refractivity (Wildman–Crippen MR) is 80.9 cm³/mol. The van der Waals surface area contributed by atoms with Crippen molar-refractivity contribution >= 4 is 23.2 Å². The fraction of sp³-hybridized carbons (Fsp3) is 0.533. The lowest BCUT2D eigenvalue weighted by Crippen LogP contribution is -2.43. The Morgan fingerprint density at radius 2 is 2.05 bits per heavy atom. The van der Waals surface area contributed by atoms with Crippen LogP contribution < -0.4 is 5.73 Å². The maximum atomic E-state index is 12.6. The van der Waals surface area contributed by atoms with Gasteiger partial charge in [0, 0.05) is 18.2 Å². The van der Waals surface area contributed by atoms with Crippen molar-refractivity contribution in [3.05, 3.63) is 28.8 Å². The van der Waals surface area contributed by atoms with Crippen molar-refractivity contribution in [3.63, 3.8) is 0 Å². The molecule has 0 aromatic heterocycles. The van der Waals surface area contributed by atoms with Gasteiger partial charge >= 0.3 is 0 Å². The smallest absolute Gasteiger partial charge is 0.254 e. The molecule has 1 amide bonds. The highest BCUT2D eigenvalue weighted by Crippen LogP contribution is 2.25. The van der Waals surface area contributed by atoms with Gasteiger partial charge in [0.05, 0.1) is 17.3 Å². The number of carbonyl (C=O) groups is 1. The maximum absolute atomic E-state index is 12.6. The van der Waals surface area contributed by atoms with E-state index in [1.54, 1.807) is 23.1 Å². The number of halogens is 1. The summed E-state index contributed by atoms with van der Waals surface area (Å²) in [6.07, 6.45) is 5.53. The van der Waals surface area contributed by atoms with Gasteiger partial charge in [-0.15, -0.1) is 0 Å². The Balaban J connectivity index is 2.18. The summed E-state index contributed by atoms with van der Waals surface area (Å²) in [6, 6.07) is 5.16. The summed E-state index contributed by atoms with van der Waals surface area (Å²) in [4.78, 5) is 14.4. The van der Waals surface area contributed by atoms with Gasteiger partial charge in [-0.3, -0.25) is 4.79 Å². The topological polar surface area (TPSA) is 66.6 Å². The number of aliphatic hydroxyl groups excluding tert-OH is 1. The number of nitrogens with two attached hydrogens (primary N) is 1. The minimum Gasteiger partial charge on any atom is -0.398 e. The highest BCUT2D eigenvalue weighted by atomic mass is 35.5. The van der Waals surface area contributed by atoms with Gasteiger partial charge in [-0.1, -0.05) is 30.9 Å². The summed E-state index contributed by atoms with van der Waals surface area (Å²) in [7, 11) is 0. The van der Waals surface area contributed by atoms with E-state index in [9.17, 15) is 9.90 Å². The average Bonchev–Trinajstić information content (AvgIpc) is 2.48. The Morgan fingerprint density at radius 3 is 2.65 bits per heavy atom. The molecule has 1 aliphatic rings. The molecule has 0 bridgehead atoms. The number of nitrogens with zero attached hydrogens (tertiary/aromatic N) is 1. The largest absolute Gasteiger partial charge is 0.398 e. The lowest BCUT2D eigenvalue weighted by Gasteiger charge is -2.34. The first-order valence-corrected chi connectivity index (χ1v) is 7.48. The van der Waals surface area contributed by atoms with Gasteiger partial charge in [0.1, 0.15) is 0 Å². The van der Waals surface area contributed by atoms with Crippen LogP contribution in [0.3, 0.4) is 0 Å². The van der Waals surface area contributed by atoms with Crippen LogP contribution >= 0.6 is 11.6 Å². The van der Waals surface area contributed by atoms with Crippen LogP contribution in [0.2, 0.25) is 5.02 Å². The van der Waals surface area contributed by atoms with E-state index in [0.717, 1.165) is 25.7 Å². The van der Waals surface area contributed by atoms with Crippen LogP contribution in [-0.4, -0.2) is 35.1 Å². The van der Waals surface area contributed by atoms with E-state index in [2.05, 4.69) is 0 Å². The molecule has 0 unspecified atom stereocenters. The number of anilines is 1. The summed E-state index contributed by atoms with van der Waals surface area (Å²) in [5.41, 5.74) is 6.70. The average molecular weight is 297 g/mol. The number of aliphatic hydroxyl groups is 1. The number of amides is 1. The third-order valence-corrected chi connectivity index (χ3v) is 4.20. The Bertz CT molecular complexity index is 473. The number of rotatable bonds is 4. The van der Waals surface area contributed by atoms with Gasteiger partial charge in [0.2, 0.25) is 0 Å². The highest BCUT2D eigenvalue weighted by molar-refractivity contribution is 6.33. The zero-order valence-corrected chi connectivity index (χ0v) is 12.3. The molecule has 1 saturated carbocycles. The van der Waals surface area contributed by atoms with E-state index in [-0.39, 0.29) is 18.6 Å². The standard InChI is InChI=1S/C15H21ClN2O2/c16-13-7-6-11(10-14(13)17)15(20)18(8-9-19)12-4-2-1-3-5-12/h6-7,10,12,19H,1-5,8-9,17H2. The van der Waals surface area contributed by atoms with Crippen molar-refractivity contribution in [2.75, 3.05) is 18.9 Å². The number of hydrogen-bond donors (Lipinski definition) is 2. The Labute approximate surface area is 124 Å². The zero-order chi connectivity index (χ0) is 14.5. The van der Waals surface area contributed by atoms with Gasteiger partial charge in [-0.25, -0.2) is 0 Å². The van der Waals surface area contributed by atoms with Gasteiger partial charge in [-0.2, -0.15) is 0 Å². The monoisotopic (exact) mass is 296 g/mol. The van der Waals surface area contributed by atoms with Crippen molar-refractivity contribution in [1.29, 1.82) is 0 Å². The molecule has 3 N–H and O–H groups in total. The second-order valence-corrected chi connectivity index (χ2v) is 5.66. The lowest BCUT2D eigenvalue weighted by atomic mass is 9.93. The molecule has 2 rings (SSSR count). The summed E-state index contributed by atoms with van der Waals surface area (Å²) in [5.74, 6) is -0.0747. The number of carbonyl (C=O) groups excluding carboxylic acids is 1. The number of nitrogen functional groups attached to an aromatic ring is 1. The van der Waals surface area contributed by atoms with E-state index in [1.165, 1.54) is 6.42 Å². The lowest BCUT2D eigenvalue weighted by molar-refractivity contribution is 0.0585. The van der Waals surface area contributed by atoms with Gasteiger partial charge in [0.25, 0.3) is 5.91 Å². The van der Waals surface area contributed by atoms with E-state index < -0.39 is 0 Å². The van der Waals surface area contributed by atoms with Crippen molar-refractivity contribution in [1.82, 2.24) is 4.90 Å². The molecule has 0 atom stereocenters. The third-order valence-electron chi connectivity index (χ3n) is 3.86. The molecule has 0 spiro atoms. The fourth-order valence-electron chi connectivity index (χ4n) is 2.79. The van der Waals surface area contributed by atoms with Gasteiger partial charge < -0.3 is 15.7 Å². The van der Waals surface area contributed by atoms with E-state index in [1.807, 2.05) is 0 Å². The number of benzene rings is 1. The number of hydrogen-bond acceptors (Lipinski definition) is 3. The Morgan fingerprint density at radius 1 is 1.35 bits per heavy atom. The minimum atomic E-state index is -0.0747. The molecule has 0 heterocycles. The normalized spacial score (nSPS) is 16.1. The Hall–Kier alpha value is -1.26. The summed E-state index contributed by atoms with van der Waals surface area (Å²) in [5, 5.41) is 9.67. The first-order valence-electron chi connectivity index (χ1n) is 7.10. The molecule has 1 aromatic carbocycles. The molecule has 1 fully saturated rings. The fourth-order valence-corrected chi connectivity index (χ4v) is 2.91. The van der Waals surface area contributed by atoms with Gasteiger partial charge in [-0.05, 0) is 31.0 Å².